The Balaban J connectivity index is 1.76. The monoisotopic (exact) mass is 434 g/mol. The van der Waals surface area contributed by atoms with Crippen molar-refractivity contribution in [2.45, 2.75) is 27.2 Å². The maximum atomic E-state index is 12.1. The number of rotatable bonds is 7. The molecule has 0 aliphatic heterocycles. The van der Waals surface area contributed by atoms with Gasteiger partial charge in [-0.15, -0.1) is 11.3 Å². The molecule has 0 spiro atoms. The molecule has 2 aromatic carbocycles. The van der Waals surface area contributed by atoms with E-state index in [-0.39, 0.29) is 5.91 Å². The third-order valence-electron chi connectivity index (χ3n) is 5.27. The molecule has 162 valence electrons. The van der Waals surface area contributed by atoms with Gasteiger partial charge in [0.25, 0.3) is 5.91 Å². The van der Waals surface area contributed by atoms with Crippen LogP contribution in [0.3, 0.4) is 0 Å². The molecule has 0 unspecified atom stereocenters. The SMILES string of the molecule is CCN(C)C=Nc1cc(C)c(Cc2nc(-c3ccc(C(=O)N(C)C)cc3)cs2)cc1C. The molecule has 5 nitrogen and oxygen atoms in total. The molecule has 3 aromatic rings. The molecule has 0 atom stereocenters. The van der Waals surface area contributed by atoms with Crippen LogP contribution < -0.4 is 0 Å². The van der Waals surface area contributed by atoms with Crippen LogP contribution in [0.15, 0.2) is 46.8 Å². The van der Waals surface area contributed by atoms with Crippen molar-refractivity contribution in [2.75, 3.05) is 27.7 Å². The largest absolute Gasteiger partial charge is 0.366 e. The lowest BCUT2D eigenvalue weighted by atomic mass is 10.0. The van der Waals surface area contributed by atoms with Gasteiger partial charge in [0.05, 0.1) is 22.7 Å². The molecule has 0 aliphatic rings. The van der Waals surface area contributed by atoms with Gasteiger partial charge >= 0.3 is 0 Å². The minimum Gasteiger partial charge on any atom is -0.366 e. The lowest BCUT2D eigenvalue weighted by molar-refractivity contribution is 0.0827. The van der Waals surface area contributed by atoms with Crippen LogP contribution in [-0.2, 0) is 6.42 Å². The second-order valence-corrected chi connectivity index (χ2v) is 8.91. The van der Waals surface area contributed by atoms with Gasteiger partial charge in [0.2, 0.25) is 0 Å². The highest BCUT2D eigenvalue weighted by molar-refractivity contribution is 7.10. The maximum Gasteiger partial charge on any atom is 0.253 e. The fraction of sp³-hybridized carbons (Fsp3) is 0.320. The number of aliphatic imine (C=N–C) groups is 1. The van der Waals surface area contributed by atoms with Crippen molar-refractivity contribution in [3.8, 4) is 11.3 Å². The zero-order valence-electron chi connectivity index (χ0n) is 19.1. The van der Waals surface area contributed by atoms with Crippen molar-refractivity contribution >= 4 is 29.3 Å². The minimum atomic E-state index is 0.00508. The van der Waals surface area contributed by atoms with Crippen molar-refractivity contribution in [3.63, 3.8) is 0 Å². The number of carbonyl (C=O) groups excluding carboxylic acids is 1. The van der Waals surface area contributed by atoms with Crippen LogP contribution in [0.4, 0.5) is 5.69 Å². The van der Waals surface area contributed by atoms with Crippen molar-refractivity contribution in [3.05, 3.63) is 69.0 Å². The molecule has 1 heterocycles. The van der Waals surface area contributed by atoms with Gasteiger partial charge in [-0.05, 0) is 55.7 Å². The molecule has 31 heavy (non-hydrogen) atoms. The summed E-state index contributed by atoms with van der Waals surface area (Å²) in [7, 11) is 5.54. The van der Waals surface area contributed by atoms with Crippen LogP contribution in [0.5, 0.6) is 0 Å². The number of amides is 1. The van der Waals surface area contributed by atoms with E-state index in [0.29, 0.717) is 5.56 Å². The summed E-state index contributed by atoms with van der Waals surface area (Å²) >= 11 is 1.67. The summed E-state index contributed by atoms with van der Waals surface area (Å²) in [6.07, 6.45) is 2.68. The van der Waals surface area contributed by atoms with E-state index >= 15 is 0 Å². The van der Waals surface area contributed by atoms with Crippen LogP contribution in [0.25, 0.3) is 11.3 Å². The van der Waals surface area contributed by atoms with E-state index < -0.39 is 0 Å². The zero-order valence-corrected chi connectivity index (χ0v) is 20.0. The van der Waals surface area contributed by atoms with Gasteiger partial charge in [-0.3, -0.25) is 4.79 Å². The smallest absolute Gasteiger partial charge is 0.253 e. The van der Waals surface area contributed by atoms with E-state index in [9.17, 15) is 4.79 Å². The first-order valence-corrected chi connectivity index (χ1v) is 11.3. The Morgan fingerprint density at radius 2 is 1.81 bits per heavy atom. The summed E-state index contributed by atoms with van der Waals surface area (Å²) in [5.74, 6) is 0.00508. The normalized spacial score (nSPS) is 11.2. The Morgan fingerprint density at radius 3 is 2.45 bits per heavy atom. The van der Waals surface area contributed by atoms with Crippen molar-refractivity contribution in [1.29, 1.82) is 0 Å². The summed E-state index contributed by atoms with van der Waals surface area (Å²) in [6, 6.07) is 12.0. The lowest BCUT2D eigenvalue weighted by Gasteiger charge is -2.11. The van der Waals surface area contributed by atoms with E-state index in [1.54, 1.807) is 30.3 Å². The molecule has 0 radical (unpaired) electrons. The van der Waals surface area contributed by atoms with Gasteiger partial charge in [0, 0.05) is 50.6 Å². The van der Waals surface area contributed by atoms with Gasteiger partial charge in [-0.25, -0.2) is 9.98 Å². The molecule has 0 aliphatic carbocycles. The van der Waals surface area contributed by atoms with E-state index in [1.165, 1.54) is 16.7 Å². The van der Waals surface area contributed by atoms with Gasteiger partial charge < -0.3 is 9.80 Å². The predicted octanol–water partition coefficient (Wildman–Crippen LogP) is 5.33. The third-order valence-corrected chi connectivity index (χ3v) is 6.12. The second-order valence-electron chi connectivity index (χ2n) is 7.96. The van der Waals surface area contributed by atoms with Crippen molar-refractivity contribution < 1.29 is 4.79 Å². The Labute approximate surface area is 189 Å². The number of carbonyl (C=O) groups is 1. The molecule has 0 saturated heterocycles. The highest BCUT2D eigenvalue weighted by Gasteiger charge is 2.11. The van der Waals surface area contributed by atoms with Crippen LogP contribution >= 0.6 is 11.3 Å². The molecular weight excluding hydrogens is 404 g/mol. The van der Waals surface area contributed by atoms with Gasteiger partial charge in [-0.2, -0.15) is 0 Å². The van der Waals surface area contributed by atoms with Crippen LogP contribution in [0.1, 0.15) is 39.0 Å². The molecule has 0 bridgehead atoms. The highest BCUT2D eigenvalue weighted by Crippen LogP contribution is 2.28. The number of thiazole rings is 1. The first-order valence-electron chi connectivity index (χ1n) is 10.4. The second kappa shape index (κ2) is 9.88. The van der Waals surface area contributed by atoms with E-state index in [4.69, 9.17) is 4.98 Å². The fourth-order valence-electron chi connectivity index (χ4n) is 3.16. The quantitative estimate of drug-likeness (QED) is 0.373. The standard InChI is InChI=1S/C25H30N4OS/c1-7-29(6)16-26-22-13-17(2)21(12-18(22)3)14-24-27-23(15-31-24)19-8-10-20(11-9-19)25(30)28(4)5/h8-13,15-16H,7,14H2,1-6H3. The van der Waals surface area contributed by atoms with Crippen molar-refractivity contribution in [1.82, 2.24) is 14.8 Å². The predicted molar refractivity (Wildman–Crippen MR) is 131 cm³/mol. The van der Waals surface area contributed by atoms with E-state index in [2.05, 4.69) is 48.2 Å². The molecule has 6 heteroatoms. The molecule has 0 saturated carbocycles. The number of hydrogen-bond donors (Lipinski definition) is 0. The Hall–Kier alpha value is -2.99. The zero-order chi connectivity index (χ0) is 22.5. The number of aromatic nitrogens is 1. The Bertz CT molecular complexity index is 1080. The number of benzene rings is 2. The minimum absolute atomic E-state index is 0.00508. The topological polar surface area (TPSA) is 48.8 Å². The summed E-state index contributed by atoms with van der Waals surface area (Å²) in [5, 5.41) is 3.16. The summed E-state index contributed by atoms with van der Waals surface area (Å²) in [5.41, 5.74) is 7.32. The average Bonchev–Trinajstić information content (AvgIpc) is 3.22. The maximum absolute atomic E-state index is 12.1. The molecule has 1 aromatic heterocycles. The number of hydrogen-bond acceptors (Lipinski definition) is 4. The molecule has 3 rings (SSSR count). The summed E-state index contributed by atoms with van der Waals surface area (Å²) in [4.78, 5) is 25.2. The van der Waals surface area contributed by atoms with Gasteiger partial charge in [-0.1, -0.05) is 18.2 Å². The van der Waals surface area contributed by atoms with Crippen LogP contribution in [0, 0.1) is 13.8 Å². The number of aryl methyl sites for hydroxylation is 2. The molecular formula is C25H30N4OS. The summed E-state index contributed by atoms with van der Waals surface area (Å²) in [6.45, 7) is 7.27. The lowest BCUT2D eigenvalue weighted by Crippen LogP contribution is -2.21. The Morgan fingerprint density at radius 1 is 1.10 bits per heavy atom. The third kappa shape index (κ3) is 5.58. The molecule has 1 amide bonds. The van der Waals surface area contributed by atoms with Gasteiger partial charge in [0.1, 0.15) is 0 Å². The fourth-order valence-corrected chi connectivity index (χ4v) is 3.99. The first kappa shape index (κ1) is 22.7. The highest BCUT2D eigenvalue weighted by atomic mass is 32.1. The van der Waals surface area contributed by atoms with Crippen LogP contribution in [-0.4, -0.2) is 54.7 Å². The Kier molecular flexibility index (Phi) is 7.23. The summed E-state index contributed by atoms with van der Waals surface area (Å²) < 4.78 is 0. The van der Waals surface area contributed by atoms with Crippen LogP contribution in [0.2, 0.25) is 0 Å². The molecule has 0 fully saturated rings. The number of nitrogens with zero attached hydrogens (tertiary/aromatic N) is 4. The van der Waals surface area contributed by atoms with E-state index in [1.807, 2.05) is 37.7 Å². The van der Waals surface area contributed by atoms with Crippen molar-refractivity contribution in [2.24, 2.45) is 4.99 Å². The van der Waals surface area contributed by atoms with E-state index in [0.717, 1.165) is 34.9 Å². The first-order chi connectivity index (χ1) is 14.8. The van der Waals surface area contributed by atoms with Gasteiger partial charge in [0.15, 0.2) is 0 Å². The average molecular weight is 435 g/mol. The molecule has 0 N–H and O–H groups in total.